The highest BCUT2D eigenvalue weighted by atomic mass is 16.6. The van der Waals surface area contributed by atoms with E-state index >= 15 is 0 Å². The van der Waals surface area contributed by atoms with Crippen LogP contribution >= 0.6 is 0 Å². The molecule has 0 spiro atoms. The van der Waals surface area contributed by atoms with Crippen LogP contribution in [0.4, 0.5) is 5.69 Å². The molecule has 0 aliphatic heterocycles. The Morgan fingerprint density at radius 2 is 2.00 bits per heavy atom. The highest BCUT2D eigenvalue weighted by Gasteiger charge is 2.22. The summed E-state index contributed by atoms with van der Waals surface area (Å²) >= 11 is 0. The molecule has 0 radical (unpaired) electrons. The van der Waals surface area contributed by atoms with E-state index in [4.69, 9.17) is 15.2 Å². The van der Waals surface area contributed by atoms with Crippen molar-refractivity contribution >= 4 is 17.6 Å². The summed E-state index contributed by atoms with van der Waals surface area (Å²) in [6.07, 6.45) is -0.174. The van der Waals surface area contributed by atoms with Crippen LogP contribution in [0.1, 0.15) is 27.2 Å². The molecular formula is C15H22N2O4. The molecule has 6 heteroatoms. The zero-order chi connectivity index (χ0) is 16.0. The quantitative estimate of drug-likeness (QED) is 0.806. The van der Waals surface area contributed by atoms with Crippen molar-refractivity contribution in [1.29, 1.82) is 0 Å². The lowest BCUT2D eigenvalue weighted by molar-refractivity contribution is -0.155. The third kappa shape index (κ3) is 6.27. The molecule has 1 amide bonds. The van der Waals surface area contributed by atoms with Gasteiger partial charge in [-0.05, 0) is 32.9 Å². The lowest BCUT2D eigenvalue weighted by Crippen LogP contribution is -2.39. The van der Waals surface area contributed by atoms with Crippen molar-refractivity contribution in [2.24, 2.45) is 5.73 Å². The Morgan fingerprint density at radius 1 is 1.33 bits per heavy atom. The summed E-state index contributed by atoms with van der Waals surface area (Å²) in [4.78, 5) is 23.6. The van der Waals surface area contributed by atoms with E-state index in [1.807, 2.05) is 0 Å². The zero-order valence-corrected chi connectivity index (χ0v) is 12.8. The van der Waals surface area contributed by atoms with Gasteiger partial charge in [-0.2, -0.15) is 0 Å². The number of carbonyl (C=O) groups is 2. The van der Waals surface area contributed by atoms with Crippen molar-refractivity contribution in [3.05, 3.63) is 24.3 Å². The molecule has 6 nitrogen and oxygen atoms in total. The third-order valence-electron chi connectivity index (χ3n) is 2.48. The molecule has 0 bridgehead atoms. The van der Waals surface area contributed by atoms with Gasteiger partial charge in [0.25, 0.3) is 0 Å². The van der Waals surface area contributed by atoms with Gasteiger partial charge in [0.1, 0.15) is 11.4 Å². The summed E-state index contributed by atoms with van der Waals surface area (Å²) < 4.78 is 10.2. The standard InChI is InChI=1S/C15H22N2O4/c1-15(2,3)21-13(18)9-12(16)14(19)17-10-6-5-7-11(8-10)20-4/h5-8,12H,9,16H2,1-4H3,(H,17,19)/t12-/m0/s1. The van der Waals surface area contributed by atoms with Crippen molar-refractivity contribution in [2.75, 3.05) is 12.4 Å². The van der Waals surface area contributed by atoms with Gasteiger partial charge in [0.05, 0.1) is 19.6 Å². The van der Waals surface area contributed by atoms with Crippen LogP contribution in [0.2, 0.25) is 0 Å². The molecule has 0 fully saturated rings. The van der Waals surface area contributed by atoms with Crippen LogP contribution in [0, 0.1) is 0 Å². The lowest BCUT2D eigenvalue weighted by atomic mass is 10.1. The molecule has 1 atom stereocenters. The Morgan fingerprint density at radius 3 is 2.57 bits per heavy atom. The molecule has 1 aromatic rings. The minimum absolute atomic E-state index is 0.174. The van der Waals surface area contributed by atoms with Crippen LogP contribution in [-0.2, 0) is 14.3 Å². The van der Waals surface area contributed by atoms with Crippen molar-refractivity contribution < 1.29 is 19.1 Å². The monoisotopic (exact) mass is 294 g/mol. The van der Waals surface area contributed by atoms with Gasteiger partial charge in [-0.15, -0.1) is 0 Å². The van der Waals surface area contributed by atoms with Gasteiger partial charge in [-0.3, -0.25) is 9.59 Å². The molecule has 21 heavy (non-hydrogen) atoms. The van der Waals surface area contributed by atoms with E-state index in [1.165, 1.54) is 7.11 Å². The number of hydrogen-bond donors (Lipinski definition) is 2. The number of methoxy groups -OCH3 is 1. The van der Waals surface area contributed by atoms with Gasteiger partial charge in [-0.25, -0.2) is 0 Å². The minimum atomic E-state index is -0.967. The van der Waals surface area contributed by atoms with E-state index < -0.39 is 23.5 Å². The molecule has 0 saturated carbocycles. The number of anilines is 1. The van der Waals surface area contributed by atoms with Crippen LogP contribution in [-0.4, -0.2) is 30.6 Å². The second-order valence-electron chi connectivity index (χ2n) is 5.62. The SMILES string of the molecule is COc1cccc(NC(=O)[C@@H](N)CC(=O)OC(C)(C)C)c1. The average molecular weight is 294 g/mol. The normalized spacial score (nSPS) is 12.4. The number of hydrogen-bond acceptors (Lipinski definition) is 5. The second-order valence-corrected chi connectivity index (χ2v) is 5.62. The van der Waals surface area contributed by atoms with E-state index in [2.05, 4.69) is 5.32 Å². The molecular weight excluding hydrogens is 272 g/mol. The highest BCUT2D eigenvalue weighted by Crippen LogP contribution is 2.17. The number of nitrogens with one attached hydrogen (secondary N) is 1. The van der Waals surface area contributed by atoms with Crippen LogP contribution in [0.5, 0.6) is 5.75 Å². The first-order valence-corrected chi connectivity index (χ1v) is 6.63. The fourth-order valence-corrected chi connectivity index (χ4v) is 1.59. The van der Waals surface area contributed by atoms with Crippen LogP contribution in [0.15, 0.2) is 24.3 Å². The second kappa shape index (κ2) is 7.08. The summed E-state index contributed by atoms with van der Waals surface area (Å²) in [5.74, 6) is -0.335. The molecule has 0 saturated heterocycles. The summed E-state index contributed by atoms with van der Waals surface area (Å²) in [7, 11) is 1.54. The highest BCUT2D eigenvalue weighted by molar-refractivity contribution is 5.96. The van der Waals surface area contributed by atoms with Gasteiger partial charge >= 0.3 is 5.97 Å². The number of esters is 1. The molecule has 1 rings (SSSR count). The summed E-state index contributed by atoms with van der Waals surface area (Å²) in [5.41, 5.74) is 5.67. The van der Waals surface area contributed by atoms with Crippen molar-refractivity contribution in [3.63, 3.8) is 0 Å². The average Bonchev–Trinajstić information content (AvgIpc) is 2.36. The van der Waals surface area contributed by atoms with E-state index in [1.54, 1.807) is 45.0 Å². The molecule has 0 unspecified atom stereocenters. The number of benzene rings is 1. The minimum Gasteiger partial charge on any atom is -0.497 e. The van der Waals surface area contributed by atoms with Gasteiger partial charge < -0.3 is 20.5 Å². The van der Waals surface area contributed by atoms with Gasteiger partial charge in [0.15, 0.2) is 0 Å². The maximum absolute atomic E-state index is 11.9. The number of nitrogens with two attached hydrogens (primary N) is 1. The first kappa shape index (κ1) is 17.0. The topological polar surface area (TPSA) is 90.6 Å². The Bertz CT molecular complexity index is 509. The van der Waals surface area contributed by atoms with Gasteiger partial charge in [0, 0.05) is 11.8 Å². The predicted molar refractivity (Wildman–Crippen MR) is 80.1 cm³/mol. The Hall–Kier alpha value is -2.08. The van der Waals surface area contributed by atoms with Gasteiger partial charge in [0.2, 0.25) is 5.91 Å². The van der Waals surface area contributed by atoms with Crippen LogP contribution in [0.3, 0.4) is 0 Å². The van der Waals surface area contributed by atoms with Crippen molar-refractivity contribution in [2.45, 2.75) is 38.8 Å². The molecule has 1 aromatic carbocycles. The smallest absolute Gasteiger partial charge is 0.308 e. The molecule has 0 aliphatic carbocycles. The third-order valence-corrected chi connectivity index (χ3v) is 2.48. The van der Waals surface area contributed by atoms with E-state index in [-0.39, 0.29) is 6.42 Å². The number of carbonyl (C=O) groups excluding carboxylic acids is 2. The summed E-state index contributed by atoms with van der Waals surface area (Å²) in [5, 5.41) is 2.63. The fraction of sp³-hybridized carbons (Fsp3) is 0.467. The number of amides is 1. The van der Waals surface area contributed by atoms with Crippen molar-refractivity contribution in [1.82, 2.24) is 0 Å². The summed E-state index contributed by atoms with van der Waals surface area (Å²) in [6, 6.07) is 5.91. The molecule has 0 heterocycles. The molecule has 116 valence electrons. The largest absolute Gasteiger partial charge is 0.497 e. The molecule has 0 aliphatic rings. The summed E-state index contributed by atoms with van der Waals surface area (Å²) in [6.45, 7) is 5.27. The zero-order valence-electron chi connectivity index (χ0n) is 12.8. The van der Waals surface area contributed by atoms with Crippen LogP contribution in [0.25, 0.3) is 0 Å². The lowest BCUT2D eigenvalue weighted by Gasteiger charge is -2.20. The fourth-order valence-electron chi connectivity index (χ4n) is 1.59. The molecule has 0 aromatic heterocycles. The first-order valence-electron chi connectivity index (χ1n) is 6.63. The predicted octanol–water partition coefficient (Wildman–Crippen LogP) is 1.69. The maximum Gasteiger partial charge on any atom is 0.308 e. The van der Waals surface area contributed by atoms with Gasteiger partial charge in [-0.1, -0.05) is 6.07 Å². The first-order chi connectivity index (χ1) is 9.71. The van der Waals surface area contributed by atoms with Crippen LogP contribution < -0.4 is 15.8 Å². The number of ether oxygens (including phenoxy) is 2. The molecule has 3 N–H and O–H groups in total. The van der Waals surface area contributed by atoms with E-state index in [9.17, 15) is 9.59 Å². The van der Waals surface area contributed by atoms with E-state index in [0.717, 1.165) is 0 Å². The Labute approximate surface area is 124 Å². The Balaban J connectivity index is 2.56. The van der Waals surface area contributed by atoms with E-state index in [0.29, 0.717) is 11.4 Å². The van der Waals surface area contributed by atoms with Crippen molar-refractivity contribution in [3.8, 4) is 5.75 Å². The maximum atomic E-state index is 11.9. The Kier molecular flexibility index (Phi) is 5.72. The number of rotatable bonds is 5.